The maximum atomic E-state index is 11.1. The van der Waals surface area contributed by atoms with Crippen LogP contribution in [0.2, 0.25) is 0 Å². The van der Waals surface area contributed by atoms with Crippen molar-refractivity contribution in [3.63, 3.8) is 0 Å². The van der Waals surface area contributed by atoms with Gasteiger partial charge in [0.2, 0.25) is 5.91 Å². The van der Waals surface area contributed by atoms with E-state index in [0.29, 0.717) is 11.0 Å². The summed E-state index contributed by atoms with van der Waals surface area (Å²) in [4.78, 5) is 23.5. The third kappa shape index (κ3) is 4.89. The van der Waals surface area contributed by atoms with Crippen LogP contribution in [0, 0.1) is 17.8 Å². The van der Waals surface area contributed by atoms with Crippen molar-refractivity contribution in [1.29, 1.82) is 0 Å². The van der Waals surface area contributed by atoms with Crippen LogP contribution in [0.3, 0.4) is 0 Å². The molecule has 0 aromatic carbocycles. The number of pyridine rings is 1. The first kappa shape index (κ1) is 18.9. The second-order valence-electron chi connectivity index (χ2n) is 7.39. The number of aromatic nitrogens is 2. The normalized spacial score (nSPS) is 17.2. The maximum absolute atomic E-state index is 11.1. The molecule has 1 amide bonds. The fraction of sp³-hybridized carbons (Fsp3) is 0.476. The molecule has 6 nitrogen and oxygen atoms in total. The number of hydrogen-bond donors (Lipinski definition) is 2. The number of anilines is 2. The van der Waals surface area contributed by atoms with Crippen molar-refractivity contribution in [2.75, 3.05) is 30.3 Å². The molecule has 2 aliphatic heterocycles. The standard InChI is InChI=1S/C21H25N5OS/c1-15(27)25-21-24-13-19(28-21)14-26-9-6-16(7-10-26)4-5-17-11-18-3-2-8-22-20(18)23-12-17/h11-13,16H,2-3,6-10,14H2,1H3,(H,22,23)(H,24,25,27). The van der Waals surface area contributed by atoms with Gasteiger partial charge in [-0.3, -0.25) is 9.69 Å². The lowest BCUT2D eigenvalue weighted by Gasteiger charge is -2.29. The zero-order valence-corrected chi connectivity index (χ0v) is 16.9. The summed E-state index contributed by atoms with van der Waals surface area (Å²) < 4.78 is 0. The molecule has 7 heteroatoms. The summed E-state index contributed by atoms with van der Waals surface area (Å²) in [6, 6.07) is 2.19. The second kappa shape index (κ2) is 8.72. The summed E-state index contributed by atoms with van der Waals surface area (Å²) in [7, 11) is 0. The molecule has 2 aliphatic rings. The van der Waals surface area contributed by atoms with E-state index in [2.05, 4.69) is 43.4 Å². The molecule has 4 rings (SSSR count). The molecule has 4 heterocycles. The minimum atomic E-state index is -0.0781. The highest BCUT2D eigenvalue weighted by atomic mass is 32.1. The summed E-state index contributed by atoms with van der Waals surface area (Å²) >= 11 is 1.55. The Balaban J connectivity index is 1.28. The number of nitrogens with zero attached hydrogens (tertiary/aromatic N) is 3. The molecule has 0 spiro atoms. The minimum Gasteiger partial charge on any atom is -0.370 e. The number of carbonyl (C=O) groups excluding carboxylic acids is 1. The highest BCUT2D eigenvalue weighted by Crippen LogP contribution is 2.24. The van der Waals surface area contributed by atoms with Crippen LogP contribution in [-0.4, -0.2) is 40.4 Å². The van der Waals surface area contributed by atoms with Crippen molar-refractivity contribution in [1.82, 2.24) is 14.9 Å². The van der Waals surface area contributed by atoms with Crippen LogP contribution in [-0.2, 0) is 17.8 Å². The maximum Gasteiger partial charge on any atom is 0.223 e. The number of fused-ring (bicyclic) bond motifs is 1. The molecule has 0 saturated carbocycles. The SMILES string of the molecule is CC(=O)Nc1ncc(CN2CCC(C#Cc3cnc4c(c3)CCCN4)CC2)s1. The van der Waals surface area contributed by atoms with Crippen LogP contribution in [0.15, 0.2) is 18.5 Å². The fourth-order valence-electron chi connectivity index (χ4n) is 3.64. The van der Waals surface area contributed by atoms with Gasteiger partial charge in [-0.1, -0.05) is 11.8 Å². The second-order valence-corrected chi connectivity index (χ2v) is 8.51. The number of rotatable bonds is 3. The average molecular weight is 396 g/mol. The van der Waals surface area contributed by atoms with Crippen LogP contribution >= 0.6 is 11.3 Å². The Morgan fingerprint density at radius 2 is 2.21 bits per heavy atom. The van der Waals surface area contributed by atoms with Gasteiger partial charge in [-0.15, -0.1) is 11.3 Å². The summed E-state index contributed by atoms with van der Waals surface area (Å²) in [5.74, 6) is 8.20. The van der Waals surface area contributed by atoms with E-state index in [0.717, 1.165) is 63.2 Å². The third-order valence-corrected chi connectivity index (χ3v) is 6.00. The molecule has 146 valence electrons. The number of amides is 1. The third-order valence-electron chi connectivity index (χ3n) is 5.11. The van der Waals surface area contributed by atoms with E-state index in [1.165, 1.54) is 17.4 Å². The number of piperidine rings is 1. The fourth-order valence-corrected chi connectivity index (χ4v) is 4.55. The van der Waals surface area contributed by atoms with Crippen molar-refractivity contribution in [3.8, 4) is 11.8 Å². The minimum absolute atomic E-state index is 0.0781. The lowest BCUT2D eigenvalue weighted by molar-refractivity contribution is -0.114. The molecule has 0 bridgehead atoms. The number of aryl methyl sites for hydroxylation is 1. The van der Waals surface area contributed by atoms with Gasteiger partial charge in [0.1, 0.15) is 5.82 Å². The molecule has 0 aliphatic carbocycles. The molecule has 0 radical (unpaired) electrons. The Kier molecular flexibility index (Phi) is 5.89. The van der Waals surface area contributed by atoms with Crippen LogP contribution in [0.4, 0.5) is 10.9 Å². The van der Waals surface area contributed by atoms with E-state index in [-0.39, 0.29) is 5.91 Å². The van der Waals surface area contributed by atoms with E-state index < -0.39 is 0 Å². The van der Waals surface area contributed by atoms with Gasteiger partial charge in [-0.25, -0.2) is 9.97 Å². The van der Waals surface area contributed by atoms with Gasteiger partial charge in [0.15, 0.2) is 5.13 Å². The van der Waals surface area contributed by atoms with Crippen LogP contribution < -0.4 is 10.6 Å². The molecule has 28 heavy (non-hydrogen) atoms. The summed E-state index contributed by atoms with van der Waals surface area (Å²) in [6.45, 7) is 5.49. The molecule has 1 saturated heterocycles. The van der Waals surface area contributed by atoms with E-state index in [1.807, 2.05) is 12.4 Å². The Bertz CT molecular complexity index is 905. The van der Waals surface area contributed by atoms with Crippen molar-refractivity contribution < 1.29 is 4.79 Å². The molecule has 2 N–H and O–H groups in total. The molecule has 2 aromatic rings. The number of nitrogens with one attached hydrogen (secondary N) is 2. The smallest absolute Gasteiger partial charge is 0.223 e. The summed E-state index contributed by atoms with van der Waals surface area (Å²) in [5.41, 5.74) is 2.32. The zero-order valence-electron chi connectivity index (χ0n) is 16.1. The van der Waals surface area contributed by atoms with Crippen LogP contribution in [0.1, 0.15) is 42.2 Å². The molecule has 2 aromatic heterocycles. The first-order valence-electron chi connectivity index (χ1n) is 9.85. The van der Waals surface area contributed by atoms with Gasteiger partial charge in [0.05, 0.1) is 0 Å². The molecular weight excluding hydrogens is 370 g/mol. The van der Waals surface area contributed by atoms with Crippen molar-refractivity contribution in [2.45, 2.75) is 39.2 Å². The van der Waals surface area contributed by atoms with E-state index >= 15 is 0 Å². The molecule has 1 fully saturated rings. The summed E-state index contributed by atoms with van der Waals surface area (Å²) in [6.07, 6.45) is 8.17. The van der Waals surface area contributed by atoms with Crippen molar-refractivity contribution in [3.05, 3.63) is 34.5 Å². The van der Waals surface area contributed by atoms with Gasteiger partial charge in [0.25, 0.3) is 0 Å². The van der Waals surface area contributed by atoms with Gasteiger partial charge in [-0.05, 0) is 50.4 Å². The van der Waals surface area contributed by atoms with Gasteiger partial charge in [0, 0.05) is 48.8 Å². The lowest BCUT2D eigenvalue weighted by Crippen LogP contribution is -2.32. The number of carbonyl (C=O) groups is 1. The zero-order chi connectivity index (χ0) is 19.3. The quantitative estimate of drug-likeness (QED) is 0.782. The van der Waals surface area contributed by atoms with E-state index in [9.17, 15) is 4.79 Å². The highest BCUT2D eigenvalue weighted by molar-refractivity contribution is 7.15. The summed E-state index contributed by atoms with van der Waals surface area (Å²) in [5, 5.41) is 6.76. The van der Waals surface area contributed by atoms with E-state index in [1.54, 1.807) is 11.3 Å². The number of hydrogen-bond acceptors (Lipinski definition) is 6. The predicted molar refractivity (Wildman–Crippen MR) is 112 cm³/mol. The topological polar surface area (TPSA) is 70.2 Å². The lowest BCUT2D eigenvalue weighted by atomic mass is 9.97. The van der Waals surface area contributed by atoms with Gasteiger partial charge in [-0.2, -0.15) is 0 Å². The van der Waals surface area contributed by atoms with Crippen LogP contribution in [0.5, 0.6) is 0 Å². The highest BCUT2D eigenvalue weighted by Gasteiger charge is 2.18. The predicted octanol–water partition coefficient (Wildman–Crippen LogP) is 3.12. The van der Waals surface area contributed by atoms with Gasteiger partial charge >= 0.3 is 0 Å². The Morgan fingerprint density at radius 1 is 1.36 bits per heavy atom. The molecular formula is C21H25N5OS. The largest absolute Gasteiger partial charge is 0.370 e. The number of thiazole rings is 1. The average Bonchev–Trinajstić information content (AvgIpc) is 3.13. The van der Waals surface area contributed by atoms with Gasteiger partial charge < -0.3 is 10.6 Å². The van der Waals surface area contributed by atoms with Crippen molar-refractivity contribution in [2.24, 2.45) is 5.92 Å². The Hall–Kier alpha value is -2.43. The first-order chi connectivity index (χ1) is 13.7. The number of likely N-dealkylation sites (tertiary alicyclic amines) is 1. The van der Waals surface area contributed by atoms with Crippen molar-refractivity contribution >= 4 is 28.2 Å². The molecule has 0 unspecified atom stereocenters. The Morgan fingerprint density at radius 3 is 3.04 bits per heavy atom. The van der Waals surface area contributed by atoms with E-state index in [4.69, 9.17) is 0 Å². The molecule has 0 atom stereocenters. The first-order valence-corrected chi connectivity index (χ1v) is 10.7. The Labute approximate surface area is 169 Å². The monoisotopic (exact) mass is 395 g/mol. The van der Waals surface area contributed by atoms with Crippen LogP contribution in [0.25, 0.3) is 0 Å².